The van der Waals surface area contributed by atoms with Crippen LogP contribution in [0.3, 0.4) is 0 Å². The van der Waals surface area contributed by atoms with E-state index in [2.05, 4.69) is 0 Å². The Hall–Kier alpha value is -0.660. The highest BCUT2D eigenvalue weighted by atomic mass is 16.1. The molecule has 0 saturated heterocycles. The monoisotopic (exact) mass is 212 g/mol. The third kappa shape index (κ3) is 3.77. The van der Waals surface area contributed by atoms with Crippen LogP contribution in [-0.4, -0.2) is 11.6 Å². The first-order valence-electron chi connectivity index (χ1n) is 6.11. The molecule has 0 atom stereocenters. The Balaban J connectivity index is 4.45. The molecule has 0 aliphatic carbocycles. The van der Waals surface area contributed by atoms with E-state index in [1.165, 1.54) is 0 Å². The van der Waals surface area contributed by atoms with Crippen LogP contribution in [0, 0.1) is 5.41 Å². The van der Waals surface area contributed by atoms with Crippen LogP contribution in [0.4, 0.5) is 0 Å². The van der Waals surface area contributed by atoms with Crippen LogP contribution < -0.4 is 0 Å². The summed E-state index contributed by atoms with van der Waals surface area (Å²) in [5.41, 5.74) is -0.247. The summed E-state index contributed by atoms with van der Waals surface area (Å²) in [6.45, 7) is 8.08. The summed E-state index contributed by atoms with van der Waals surface area (Å²) in [4.78, 5) is 23.4. The maximum atomic E-state index is 12.0. The molecule has 88 valence electrons. The van der Waals surface area contributed by atoms with Gasteiger partial charge in [-0.2, -0.15) is 0 Å². The lowest BCUT2D eigenvalue weighted by Crippen LogP contribution is -2.30. The highest BCUT2D eigenvalue weighted by molar-refractivity contribution is 6.01. The van der Waals surface area contributed by atoms with Crippen LogP contribution >= 0.6 is 0 Å². The van der Waals surface area contributed by atoms with Gasteiger partial charge in [-0.3, -0.25) is 9.59 Å². The van der Waals surface area contributed by atoms with Gasteiger partial charge in [0.05, 0.1) is 6.42 Å². The molecule has 0 rings (SSSR count). The van der Waals surface area contributed by atoms with Crippen molar-refractivity contribution in [2.75, 3.05) is 0 Å². The predicted octanol–water partition coefficient (Wildman–Crippen LogP) is 3.53. The molecule has 0 heterocycles. The number of hydrogen-bond donors (Lipinski definition) is 0. The SMILES string of the molecule is CCCC(=O)CC(=O)C(CC)(CC)CC. The van der Waals surface area contributed by atoms with E-state index in [-0.39, 0.29) is 23.4 Å². The maximum Gasteiger partial charge on any atom is 0.146 e. The van der Waals surface area contributed by atoms with E-state index in [0.29, 0.717) is 6.42 Å². The zero-order valence-electron chi connectivity index (χ0n) is 10.6. The van der Waals surface area contributed by atoms with Crippen LogP contribution in [0.1, 0.15) is 66.2 Å². The van der Waals surface area contributed by atoms with E-state index < -0.39 is 0 Å². The van der Waals surface area contributed by atoms with Gasteiger partial charge in [0, 0.05) is 11.8 Å². The van der Waals surface area contributed by atoms with E-state index in [1.54, 1.807) is 0 Å². The lowest BCUT2D eigenvalue weighted by Gasteiger charge is -2.28. The molecule has 0 bridgehead atoms. The zero-order chi connectivity index (χ0) is 11.9. The lowest BCUT2D eigenvalue weighted by molar-refractivity contribution is -0.134. The van der Waals surface area contributed by atoms with Crippen molar-refractivity contribution in [2.45, 2.75) is 66.2 Å². The molecule has 0 amide bonds. The lowest BCUT2D eigenvalue weighted by atomic mass is 9.74. The zero-order valence-corrected chi connectivity index (χ0v) is 10.6. The van der Waals surface area contributed by atoms with E-state index >= 15 is 0 Å². The largest absolute Gasteiger partial charge is 0.299 e. The van der Waals surface area contributed by atoms with Gasteiger partial charge < -0.3 is 0 Å². The summed E-state index contributed by atoms with van der Waals surface area (Å²) in [6.07, 6.45) is 4.06. The summed E-state index contributed by atoms with van der Waals surface area (Å²) >= 11 is 0. The quantitative estimate of drug-likeness (QED) is 0.577. The highest BCUT2D eigenvalue weighted by Crippen LogP contribution is 2.32. The van der Waals surface area contributed by atoms with Crippen LogP contribution in [0.5, 0.6) is 0 Å². The van der Waals surface area contributed by atoms with Crippen molar-refractivity contribution in [3.05, 3.63) is 0 Å². The minimum Gasteiger partial charge on any atom is -0.299 e. The first kappa shape index (κ1) is 14.3. The minimum atomic E-state index is -0.247. The van der Waals surface area contributed by atoms with Crippen molar-refractivity contribution in [1.29, 1.82) is 0 Å². The van der Waals surface area contributed by atoms with Gasteiger partial charge in [-0.05, 0) is 25.7 Å². The Kier molecular flexibility index (Phi) is 6.46. The Morgan fingerprint density at radius 3 is 1.73 bits per heavy atom. The molecule has 0 aromatic rings. The molecule has 0 aliphatic rings. The van der Waals surface area contributed by atoms with Crippen LogP contribution in [-0.2, 0) is 9.59 Å². The van der Waals surface area contributed by atoms with Gasteiger partial charge in [-0.25, -0.2) is 0 Å². The molecule has 0 fully saturated rings. The fourth-order valence-corrected chi connectivity index (χ4v) is 2.08. The van der Waals surface area contributed by atoms with Crippen LogP contribution in [0.25, 0.3) is 0 Å². The smallest absolute Gasteiger partial charge is 0.146 e. The number of carbonyl (C=O) groups excluding carboxylic acids is 2. The van der Waals surface area contributed by atoms with Gasteiger partial charge in [0.25, 0.3) is 0 Å². The van der Waals surface area contributed by atoms with Gasteiger partial charge >= 0.3 is 0 Å². The molecule has 0 aromatic carbocycles. The second-order valence-electron chi connectivity index (χ2n) is 4.23. The number of rotatable bonds is 8. The van der Waals surface area contributed by atoms with E-state index in [4.69, 9.17) is 0 Å². The second-order valence-corrected chi connectivity index (χ2v) is 4.23. The summed E-state index contributed by atoms with van der Waals surface area (Å²) in [5.74, 6) is 0.246. The third-order valence-electron chi connectivity index (χ3n) is 3.51. The molecule has 0 radical (unpaired) electrons. The molecule has 0 aromatic heterocycles. The van der Waals surface area contributed by atoms with Crippen molar-refractivity contribution in [2.24, 2.45) is 5.41 Å². The molecule has 15 heavy (non-hydrogen) atoms. The summed E-state index contributed by atoms with van der Waals surface area (Å²) < 4.78 is 0. The molecule has 0 spiro atoms. The summed E-state index contributed by atoms with van der Waals surface area (Å²) in [5, 5.41) is 0. The van der Waals surface area contributed by atoms with Crippen molar-refractivity contribution in [3.63, 3.8) is 0 Å². The van der Waals surface area contributed by atoms with Gasteiger partial charge in [0.1, 0.15) is 11.6 Å². The average molecular weight is 212 g/mol. The van der Waals surface area contributed by atoms with Crippen molar-refractivity contribution in [3.8, 4) is 0 Å². The summed E-state index contributed by atoms with van der Waals surface area (Å²) in [6, 6.07) is 0. The van der Waals surface area contributed by atoms with Gasteiger partial charge in [-0.1, -0.05) is 27.7 Å². The second kappa shape index (κ2) is 6.76. The van der Waals surface area contributed by atoms with Gasteiger partial charge in [0.2, 0.25) is 0 Å². The fourth-order valence-electron chi connectivity index (χ4n) is 2.08. The highest BCUT2D eigenvalue weighted by Gasteiger charge is 2.33. The number of hydrogen-bond acceptors (Lipinski definition) is 2. The molecular weight excluding hydrogens is 188 g/mol. The molecule has 0 aliphatic heterocycles. The van der Waals surface area contributed by atoms with E-state index in [9.17, 15) is 9.59 Å². The van der Waals surface area contributed by atoms with Crippen molar-refractivity contribution in [1.82, 2.24) is 0 Å². The molecule has 0 N–H and O–H groups in total. The molecular formula is C13H24O2. The van der Waals surface area contributed by atoms with E-state index in [0.717, 1.165) is 25.7 Å². The molecule has 0 saturated carbocycles. The first-order chi connectivity index (χ1) is 7.06. The van der Waals surface area contributed by atoms with E-state index in [1.807, 2.05) is 27.7 Å². The fraction of sp³-hybridized carbons (Fsp3) is 0.846. The molecule has 0 unspecified atom stereocenters. The van der Waals surface area contributed by atoms with Gasteiger partial charge in [-0.15, -0.1) is 0 Å². The minimum absolute atomic E-state index is 0.0993. The Bertz CT molecular complexity index is 206. The molecule has 2 heteroatoms. The Morgan fingerprint density at radius 2 is 1.40 bits per heavy atom. The normalized spacial score (nSPS) is 11.5. The Morgan fingerprint density at radius 1 is 0.933 bits per heavy atom. The average Bonchev–Trinajstić information content (AvgIpc) is 2.21. The summed E-state index contributed by atoms with van der Waals surface area (Å²) in [7, 11) is 0. The Labute approximate surface area is 93.4 Å². The number of carbonyl (C=O) groups is 2. The standard InChI is InChI=1S/C13H24O2/c1-5-9-11(14)10-12(15)13(6-2,7-3)8-4/h5-10H2,1-4H3. The van der Waals surface area contributed by atoms with Crippen molar-refractivity contribution >= 4 is 11.6 Å². The van der Waals surface area contributed by atoms with Crippen LogP contribution in [0.2, 0.25) is 0 Å². The van der Waals surface area contributed by atoms with Crippen LogP contribution in [0.15, 0.2) is 0 Å². The predicted molar refractivity (Wildman–Crippen MR) is 62.8 cm³/mol. The third-order valence-corrected chi connectivity index (χ3v) is 3.51. The van der Waals surface area contributed by atoms with Gasteiger partial charge in [0.15, 0.2) is 0 Å². The topological polar surface area (TPSA) is 34.1 Å². The molecule has 2 nitrogen and oxygen atoms in total. The number of Topliss-reactive ketones (excluding diaryl/α,β-unsaturated/α-hetero) is 2. The maximum absolute atomic E-state index is 12.0. The first-order valence-corrected chi connectivity index (χ1v) is 6.11. The number of ketones is 2. The van der Waals surface area contributed by atoms with Crippen molar-refractivity contribution < 1.29 is 9.59 Å².